The summed E-state index contributed by atoms with van der Waals surface area (Å²) >= 11 is 0. The fourth-order valence-electron chi connectivity index (χ4n) is 3.34. The van der Waals surface area contributed by atoms with Crippen molar-refractivity contribution in [3.8, 4) is 17.2 Å². The van der Waals surface area contributed by atoms with Crippen molar-refractivity contribution in [1.82, 2.24) is 5.32 Å². The molecule has 2 aromatic rings. The fraction of sp³-hybridized carbons (Fsp3) is 0.333. The van der Waals surface area contributed by atoms with E-state index in [1.54, 1.807) is 17.0 Å². The molecule has 146 valence electrons. The van der Waals surface area contributed by atoms with Gasteiger partial charge in [0.1, 0.15) is 25.6 Å². The number of carbonyl (C=O) groups is 2. The summed E-state index contributed by atoms with van der Waals surface area (Å²) in [5.41, 5.74) is 0.719. The molecule has 0 bridgehead atoms. The van der Waals surface area contributed by atoms with Crippen LogP contribution in [0.1, 0.15) is 6.42 Å². The number of hydrogen-bond acceptors (Lipinski definition) is 5. The van der Waals surface area contributed by atoms with Crippen molar-refractivity contribution in [2.45, 2.75) is 6.42 Å². The van der Waals surface area contributed by atoms with E-state index in [0.29, 0.717) is 44.4 Å². The Hall–Kier alpha value is -3.22. The van der Waals surface area contributed by atoms with Crippen molar-refractivity contribution in [3.63, 3.8) is 0 Å². The molecule has 0 saturated carbocycles. The van der Waals surface area contributed by atoms with Crippen LogP contribution in [0.15, 0.2) is 48.5 Å². The van der Waals surface area contributed by atoms with Gasteiger partial charge in [0.15, 0.2) is 11.5 Å². The molecule has 1 atom stereocenters. The third kappa shape index (κ3) is 4.03. The predicted molar refractivity (Wildman–Crippen MR) is 103 cm³/mol. The molecule has 0 spiro atoms. The summed E-state index contributed by atoms with van der Waals surface area (Å²) in [7, 11) is 0. The lowest BCUT2D eigenvalue weighted by Gasteiger charge is -2.22. The second-order valence-electron chi connectivity index (χ2n) is 6.69. The van der Waals surface area contributed by atoms with Gasteiger partial charge in [-0.15, -0.1) is 0 Å². The van der Waals surface area contributed by atoms with Crippen LogP contribution in [0.25, 0.3) is 0 Å². The lowest BCUT2D eigenvalue weighted by molar-refractivity contribution is -0.126. The van der Waals surface area contributed by atoms with Gasteiger partial charge in [-0.3, -0.25) is 9.59 Å². The van der Waals surface area contributed by atoms with E-state index in [-0.39, 0.29) is 24.2 Å². The maximum Gasteiger partial charge on any atom is 0.227 e. The molecule has 2 amide bonds. The third-order valence-electron chi connectivity index (χ3n) is 4.75. The first kappa shape index (κ1) is 18.2. The number of nitrogens with zero attached hydrogens (tertiary/aromatic N) is 1. The van der Waals surface area contributed by atoms with Gasteiger partial charge in [0.25, 0.3) is 0 Å². The second-order valence-corrected chi connectivity index (χ2v) is 6.69. The molecule has 0 aliphatic carbocycles. The van der Waals surface area contributed by atoms with Crippen molar-refractivity contribution < 1.29 is 23.8 Å². The maximum atomic E-state index is 12.4. The van der Waals surface area contributed by atoms with Crippen LogP contribution in [0.4, 0.5) is 5.69 Å². The highest BCUT2D eigenvalue weighted by Crippen LogP contribution is 2.35. The van der Waals surface area contributed by atoms with Gasteiger partial charge in [0.05, 0.1) is 12.5 Å². The van der Waals surface area contributed by atoms with Gasteiger partial charge < -0.3 is 24.4 Å². The van der Waals surface area contributed by atoms with Crippen LogP contribution in [0.2, 0.25) is 0 Å². The van der Waals surface area contributed by atoms with Gasteiger partial charge in [0, 0.05) is 24.7 Å². The minimum absolute atomic E-state index is 0.0719. The lowest BCUT2D eigenvalue weighted by Crippen LogP contribution is -2.35. The molecule has 7 nitrogen and oxygen atoms in total. The van der Waals surface area contributed by atoms with E-state index in [4.69, 9.17) is 14.2 Å². The smallest absolute Gasteiger partial charge is 0.227 e. The summed E-state index contributed by atoms with van der Waals surface area (Å²) in [6.07, 6.45) is 0.194. The first-order valence-corrected chi connectivity index (χ1v) is 9.36. The van der Waals surface area contributed by atoms with Crippen LogP contribution in [-0.4, -0.2) is 44.7 Å². The minimum Gasteiger partial charge on any atom is -0.492 e. The van der Waals surface area contributed by atoms with Crippen molar-refractivity contribution in [2.24, 2.45) is 5.92 Å². The number of benzene rings is 2. The number of anilines is 1. The highest BCUT2D eigenvalue weighted by atomic mass is 16.6. The minimum atomic E-state index is -0.377. The molecule has 2 heterocycles. The molecule has 1 fully saturated rings. The highest BCUT2D eigenvalue weighted by molar-refractivity contribution is 6.00. The molecule has 2 aliphatic heterocycles. The van der Waals surface area contributed by atoms with Crippen LogP contribution >= 0.6 is 0 Å². The number of carbonyl (C=O) groups excluding carboxylic acids is 2. The maximum absolute atomic E-state index is 12.4. The van der Waals surface area contributed by atoms with Crippen molar-refractivity contribution in [3.05, 3.63) is 48.5 Å². The zero-order chi connectivity index (χ0) is 19.3. The molecular weight excluding hydrogens is 360 g/mol. The van der Waals surface area contributed by atoms with E-state index < -0.39 is 0 Å². The van der Waals surface area contributed by atoms with Gasteiger partial charge in [-0.25, -0.2) is 0 Å². The fourth-order valence-corrected chi connectivity index (χ4v) is 3.34. The first-order valence-electron chi connectivity index (χ1n) is 9.36. The number of hydrogen-bond donors (Lipinski definition) is 1. The largest absolute Gasteiger partial charge is 0.492 e. The molecule has 2 aliphatic rings. The number of ether oxygens (including phenoxy) is 3. The van der Waals surface area contributed by atoms with Crippen LogP contribution in [-0.2, 0) is 9.59 Å². The summed E-state index contributed by atoms with van der Waals surface area (Å²) in [6.45, 7) is 2.13. The van der Waals surface area contributed by atoms with Crippen molar-refractivity contribution in [1.29, 1.82) is 0 Å². The molecule has 0 aromatic heterocycles. The first-order chi connectivity index (χ1) is 13.7. The van der Waals surface area contributed by atoms with Gasteiger partial charge >= 0.3 is 0 Å². The molecule has 0 radical (unpaired) electrons. The normalized spacial score (nSPS) is 18.1. The molecular formula is C21H22N2O5. The van der Waals surface area contributed by atoms with E-state index in [1.807, 2.05) is 36.4 Å². The van der Waals surface area contributed by atoms with Gasteiger partial charge in [-0.05, 0) is 24.3 Å². The van der Waals surface area contributed by atoms with Crippen LogP contribution in [0.5, 0.6) is 17.2 Å². The summed E-state index contributed by atoms with van der Waals surface area (Å²) in [5, 5.41) is 2.85. The van der Waals surface area contributed by atoms with E-state index in [1.165, 1.54) is 0 Å². The summed E-state index contributed by atoms with van der Waals surface area (Å²) in [5.74, 6) is 1.48. The van der Waals surface area contributed by atoms with Gasteiger partial charge in [-0.1, -0.05) is 18.2 Å². The lowest BCUT2D eigenvalue weighted by atomic mass is 10.1. The van der Waals surface area contributed by atoms with Gasteiger partial charge in [-0.2, -0.15) is 0 Å². The van der Waals surface area contributed by atoms with E-state index in [9.17, 15) is 9.59 Å². The Labute approximate surface area is 163 Å². The van der Waals surface area contributed by atoms with Gasteiger partial charge in [0.2, 0.25) is 11.8 Å². The number of para-hydroxylation sites is 1. The number of amides is 2. The van der Waals surface area contributed by atoms with Crippen LogP contribution < -0.4 is 24.4 Å². The Bertz CT molecular complexity index is 855. The molecule has 1 N–H and O–H groups in total. The van der Waals surface area contributed by atoms with Crippen molar-refractivity contribution in [2.75, 3.05) is 37.8 Å². The van der Waals surface area contributed by atoms with Crippen LogP contribution in [0.3, 0.4) is 0 Å². The third-order valence-corrected chi connectivity index (χ3v) is 4.75. The summed E-state index contributed by atoms with van der Waals surface area (Å²) in [4.78, 5) is 26.5. The summed E-state index contributed by atoms with van der Waals surface area (Å²) in [6, 6.07) is 14.8. The summed E-state index contributed by atoms with van der Waals surface area (Å²) < 4.78 is 16.7. The van der Waals surface area contributed by atoms with E-state index >= 15 is 0 Å². The molecule has 0 unspecified atom stereocenters. The molecule has 28 heavy (non-hydrogen) atoms. The molecule has 7 heteroatoms. The Balaban J connectivity index is 1.29. The average molecular weight is 382 g/mol. The SMILES string of the molecule is O=C(NCCOc1ccccc1)[C@H]1CC(=O)N(c2ccc3c(c2)OCCO3)C1. The van der Waals surface area contributed by atoms with Crippen molar-refractivity contribution >= 4 is 17.5 Å². The molecule has 1 saturated heterocycles. The topological polar surface area (TPSA) is 77.1 Å². The molecule has 4 rings (SSSR count). The van der Waals surface area contributed by atoms with Crippen LogP contribution in [0, 0.1) is 5.92 Å². The van der Waals surface area contributed by atoms with E-state index in [2.05, 4.69) is 5.32 Å². The molecule has 2 aromatic carbocycles. The number of nitrogens with one attached hydrogen (secondary N) is 1. The predicted octanol–water partition coefficient (Wildman–Crippen LogP) is 2.01. The number of rotatable bonds is 6. The Kier molecular flexibility index (Phi) is 5.32. The number of fused-ring (bicyclic) bond motifs is 1. The average Bonchev–Trinajstić information content (AvgIpc) is 3.13. The zero-order valence-corrected chi connectivity index (χ0v) is 15.4. The standard InChI is InChI=1S/C21H22N2O5/c24-20-12-15(21(25)22-8-9-26-17-4-2-1-3-5-17)14-23(20)16-6-7-18-19(13-16)28-11-10-27-18/h1-7,13,15H,8-12,14H2,(H,22,25)/t15-/m0/s1. The van der Waals surface area contributed by atoms with E-state index in [0.717, 1.165) is 11.4 Å². The Morgan fingerprint density at radius 2 is 1.89 bits per heavy atom. The monoisotopic (exact) mass is 382 g/mol. The Morgan fingerprint density at radius 1 is 1.11 bits per heavy atom. The second kappa shape index (κ2) is 8.21. The zero-order valence-electron chi connectivity index (χ0n) is 15.4. The Morgan fingerprint density at radius 3 is 2.71 bits per heavy atom. The highest BCUT2D eigenvalue weighted by Gasteiger charge is 2.35. The quantitative estimate of drug-likeness (QED) is 0.774.